The monoisotopic (exact) mass is 306 g/mol. The van der Waals surface area contributed by atoms with Gasteiger partial charge in [0, 0.05) is 24.1 Å². The summed E-state index contributed by atoms with van der Waals surface area (Å²) in [5.74, 6) is -0.449. The molecule has 0 spiro atoms. The third kappa shape index (κ3) is 6.69. The van der Waals surface area contributed by atoms with Gasteiger partial charge in [-0.2, -0.15) is 0 Å². The van der Waals surface area contributed by atoms with E-state index in [1.807, 2.05) is 11.4 Å². The number of rotatable bonds is 6. The minimum Gasteiger partial charge on any atom is -0.379 e. The number of thiophene rings is 1. The molecule has 0 atom stereocenters. The number of amides is 2. The van der Waals surface area contributed by atoms with Crippen molar-refractivity contribution in [2.75, 3.05) is 7.11 Å². The van der Waals surface area contributed by atoms with Gasteiger partial charge in [0.05, 0.1) is 6.61 Å². The Bertz CT molecular complexity index is 539. The molecule has 0 saturated carbocycles. The summed E-state index contributed by atoms with van der Waals surface area (Å²) in [6, 6.07) is 10.8. The lowest BCUT2D eigenvalue weighted by atomic mass is 10.1. The molecule has 0 aliphatic carbocycles. The van der Waals surface area contributed by atoms with Gasteiger partial charge >= 0.3 is 0 Å². The Morgan fingerprint density at radius 1 is 1.33 bits per heavy atom. The number of methoxy groups -OCH3 is 1. The Balaban J connectivity index is 0.000000235. The van der Waals surface area contributed by atoms with E-state index in [9.17, 15) is 9.59 Å². The maximum atomic E-state index is 10.7. The van der Waals surface area contributed by atoms with Crippen molar-refractivity contribution >= 4 is 23.7 Å². The maximum absolute atomic E-state index is 10.7. The van der Waals surface area contributed by atoms with Gasteiger partial charge in [-0.15, -0.1) is 11.3 Å². The van der Waals surface area contributed by atoms with Gasteiger partial charge in [-0.05, 0) is 29.1 Å². The first-order valence-electron chi connectivity index (χ1n) is 6.24. The van der Waals surface area contributed by atoms with Crippen molar-refractivity contribution in [3.8, 4) is 0 Å². The van der Waals surface area contributed by atoms with Crippen molar-refractivity contribution in [1.82, 2.24) is 5.32 Å². The Morgan fingerprint density at radius 3 is 2.52 bits per heavy atom. The van der Waals surface area contributed by atoms with Crippen LogP contribution in [-0.2, 0) is 22.7 Å². The molecule has 0 saturated heterocycles. The van der Waals surface area contributed by atoms with Crippen molar-refractivity contribution in [2.24, 2.45) is 5.73 Å². The largest absolute Gasteiger partial charge is 0.379 e. The molecule has 1 aromatic heterocycles. The zero-order valence-corrected chi connectivity index (χ0v) is 12.6. The zero-order valence-electron chi connectivity index (χ0n) is 11.7. The molecule has 0 fully saturated rings. The van der Waals surface area contributed by atoms with Crippen molar-refractivity contribution in [2.45, 2.75) is 13.2 Å². The third-order valence-corrected chi connectivity index (χ3v) is 3.34. The van der Waals surface area contributed by atoms with Crippen LogP contribution in [0.3, 0.4) is 0 Å². The molecule has 2 rings (SSSR count). The van der Waals surface area contributed by atoms with Crippen LogP contribution in [-0.4, -0.2) is 19.4 Å². The molecule has 1 aromatic carbocycles. The molecule has 0 unspecified atom stereocenters. The van der Waals surface area contributed by atoms with Crippen LogP contribution in [0.4, 0.5) is 0 Å². The number of nitrogens with two attached hydrogens (primary N) is 1. The summed E-state index contributed by atoms with van der Waals surface area (Å²) in [6.07, 6.45) is 0.627. The molecule has 21 heavy (non-hydrogen) atoms. The number of ether oxygens (including phenoxy) is 1. The van der Waals surface area contributed by atoms with Gasteiger partial charge in [0.1, 0.15) is 0 Å². The number of hydrogen-bond donors (Lipinski definition) is 2. The zero-order chi connectivity index (χ0) is 15.5. The van der Waals surface area contributed by atoms with E-state index in [0.29, 0.717) is 18.5 Å². The van der Waals surface area contributed by atoms with Gasteiger partial charge in [-0.25, -0.2) is 0 Å². The highest BCUT2D eigenvalue weighted by atomic mass is 32.1. The quantitative estimate of drug-likeness (QED) is 0.800. The third-order valence-electron chi connectivity index (χ3n) is 2.49. The molecule has 0 aliphatic heterocycles. The number of benzene rings is 1. The predicted octanol–water partition coefficient (Wildman–Crippen LogP) is 1.93. The second kappa shape index (κ2) is 9.68. The molecule has 6 heteroatoms. The first-order valence-corrected chi connectivity index (χ1v) is 7.12. The van der Waals surface area contributed by atoms with E-state index >= 15 is 0 Å². The van der Waals surface area contributed by atoms with Gasteiger partial charge in [0.25, 0.3) is 0 Å². The highest BCUT2D eigenvalue weighted by molar-refractivity contribution is 7.09. The first-order chi connectivity index (χ1) is 10.2. The number of carbonyl (C=O) groups is 2. The number of carbonyl (C=O) groups excluding carboxylic acids is 2. The number of nitrogens with one attached hydrogen (secondary N) is 1. The molecule has 0 aliphatic rings. The van der Waals surface area contributed by atoms with Crippen molar-refractivity contribution < 1.29 is 14.3 Å². The lowest BCUT2D eigenvalue weighted by Gasteiger charge is -2.00. The summed E-state index contributed by atoms with van der Waals surface area (Å²) in [7, 11) is 1.71. The Hall–Kier alpha value is -2.18. The van der Waals surface area contributed by atoms with Crippen LogP contribution >= 0.6 is 11.3 Å². The lowest BCUT2D eigenvalue weighted by Crippen LogP contribution is -2.12. The average molecular weight is 306 g/mol. The molecule has 0 bridgehead atoms. The summed E-state index contributed by atoms with van der Waals surface area (Å²) in [6.45, 7) is 1.21. The summed E-state index contributed by atoms with van der Waals surface area (Å²) in [5.41, 5.74) is 6.45. The Kier molecular flexibility index (Phi) is 7.78. The summed E-state index contributed by atoms with van der Waals surface area (Å²) in [4.78, 5) is 21.9. The van der Waals surface area contributed by atoms with Crippen LogP contribution in [0.5, 0.6) is 0 Å². The van der Waals surface area contributed by atoms with Crippen LogP contribution < -0.4 is 11.1 Å². The fourth-order valence-electron chi connectivity index (χ4n) is 1.48. The van der Waals surface area contributed by atoms with Crippen LogP contribution in [0.2, 0.25) is 0 Å². The second-order valence-electron chi connectivity index (χ2n) is 4.07. The molecule has 1 heterocycles. The lowest BCUT2D eigenvalue weighted by molar-refractivity contribution is -0.109. The topological polar surface area (TPSA) is 81.4 Å². The van der Waals surface area contributed by atoms with E-state index in [4.69, 9.17) is 10.5 Å². The molecule has 112 valence electrons. The second-order valence-corrected chi connectivity index (χ2v) is 5.10. The van der Waals surface area contributed by atoms with E-state index < -0.39 is 5.91 Å². The summed E-state index contributed by atoms with van der Waals surface area (Å²) < 4.78 is 4.90. The van der Waals surface area contributed by atoms with Gasteiger partial charge in [-0.1, -0.05) is 18.2 Å². The fourth-order valence-corrected chi connectivity index (χ4v) is 2.16. The summed E-state index contributed by atoms with van der Waals surface area (Å²) >= 11 is 1.72. The van der Waals surface area contributed by atoms with E-state index in [1.165, 1.54) is 4.88 Å². The Morgan fingerprint density at radius 2 is 2.05 bits per heavy atom. The predicted molar refractivity (Wildman–Crippen MR) is 82.9 cm³/mol. The van der Waals surface area contributed by atoms with Crippen molar-refractivity contribution in [1.29, 1.82) is 0 Å². The van der Waals surface area contributed by atoms with Crippen LogP contribution in [0.15, 0.2) is 41.8 Å². The Labute approximate surface area is 127 Å². The van der Waals surface area contributed by atoms with Crippen molar-refractivity contribution in [3.05, 3.63) is 57.8 Å². The highest BCUT2D eigenvalue weighted by Crippen LogP contribution is 2.08. The molecule has 0 radical (unpaired) electrons. The van der Waals surface area contributed by atoms with E-state index in [0.717, 1.165) is 12.2 Å². The van der Waals surface area contributed by atoms with Crippen molar-refractivity contribution in [3.63, 3.8) is 0 Å². The SMILES string of the molecule is COCc1cccs1.NC(=O)c1ccc(CNC=O)cc1. The normalized spacial score (nSPS) is 9.38. The van der Waals surface area contributed by atoms with E-state index in [-0.39, 0.29) is 0 Å². The van der Waals surface area contributed by atoms with E-state index in [2.05, 4.69) is 11.4 Å². The molecular formula is C15H18N2O3S. The van der Waals surface area contributed by atoms with E-state index in [1.54, 1.807) is 42.7 Å². The average Bonchev–Trinajstić information content (AvgIpc) is 3.00. The molecule has 3 N–H and O–H groups in total. The molecule has 2 amide bonds. The van der Waals surface area contributed by atoms with Crippen LogP contribution in [0, 0.1) is 0 Å². The summed E-state index contributed by atoms with van der Waals surface area (Å²) in [5, 5.41) is 4.57. The van der Waals surface area contributed by atoms with Gasteiger partial charge in [0.2, 0.25) is 12.3 Å². The van der Waals surface area contributed by atoms with Gasteiger partial charge in [0.15, 0.2) is 0 Å². The fraction of sp³-hybridized carbons (Fsp3) is 0.200. The maximum Gasteiger partial charge on any atom is 0.248 e. The van der Waals surface area contributed by atoms with Gasteiger partial charge < -0.3 is 15.8 Å². The number of hydrogen-bond acceptors (Lipinski definition) is 4. The molecule has 5 nitrogen and oxygen atoms in total. The smallest absolute Gasteiger partial charge is 0.248 e. The number of primary amides is 1. The first kappa shape index (κ1) is 16.9. The highest BCUT2D eigenvalue weighted by Gasteiger charge is 1.98. The molecular weight excluding hydrogens is 288 g/mol. The minimum absolute atomic E-state index is 0.449. The minimum atomic E-state index is -0.449. The van der Waals surface area contributed by atoms with Gasteiger partial charge in [-0.3, -0.25) is 9.59 Å². The standard InChI is InChI=1S/C9H10N2O2.C6H8OS/c10-9(13)8-3-1-7(2-4-8)5-11-6-12;1-7-5-6-3-2-4-8-6/h1-4,6H,5H2,(H2,10,13)(H,11,12);2-4H,5H2,1H3. The van der Waals surface area contributed by atoms with Crippen LogP contribution in [0.25, 0.3) is 0 Å². The molecule has 2 aromatic rings. The van der Waals surface area contributed by atoms with Crippen LogP contribution in [0.1, 0.15) is 20.8 Å².